The second-order valence-corrected chi connectivity index (χ2v) is 12.8. The highest BCUT2D eigenvalue weighted by Gasteiger charge is 2.75. The van der Waals surface area contributed by atoms with Crippen LogP contribution in [0.5, 0.6) is 0 Å². The largest absolute Gasteiger partial charge is 0.463 e. The summed E-state index contributed by atoms with van der Waals surface area (Å²) in [5, 5.41) is 13.3. The first-order valence-electron chi connectivity index (χ1n) is 16.3. The average molecular weight is 644 g/mol. The summed E-state index contributed by atoms with van der Waals surface area (Å²) in [7, 11) is 0. The standard InChI is InChI=1S/C37H45N3O7/c1-6-8-17-29(42)46-22-27(26-15-10-9-11-16-26)38-34(43)30-28-18-19-37(47-28)31(30)35(44)40(25(5)21-41)33(37)36(45)39(20-7-2)32-23(3)13-12-14-24(32)4/h6-7,9-16,25,27-28,30-31,33,41H,1-2,8,17-22H2,3-5H3,(H,38,43)/t25-,27-,28-,30+,31+,33-,37+/m1/s1. The van der Waals surface area contributed by atoms with Crippen LogP contribution in [0.4, 0.5) is 5.69 Å². The zero-order valence-corrected chi connectivity index (χ0v) is 27.4. The molecule has 7 atom stereocenters. The van der Waals surface area contributed by atoms with Crippen LogP contribution in [0.3, 0.4) is 0 Å². The zero-order chi connectivity index (χ0) is 33.9. The van der Waals surface area contributed by atoms with Crippen molar-refractivity contribution < 1.29 is 33.8 Å². The fourth-order valence-electron chi connectivity index (χ4n) is 7.68. The molecule has 2 aromatic carbocycles. The summed E-state index contributed by atoms with van der Waals surface area (Å²) in [4.78, 5) is 58.8. The van der Waals surface area contributed by atoms with Gasteiger partial charge in [-0.25, -0.2) is 0 Å². The number of likely N-dealkylation sites (tertiary alicyclic amines) is 1. The van der Waals surface area contributed by atoms with Crippen LogP contribution in [0.1, 0.15) is 55.3 Å². The first-order chi connectivity index (χ1) is 22.6. The van der Waals surface area contributed by atoms with Crippen molar-refractivity contribution in [2.45, 2.75) is 76.3 Å². The lowest BCUT2D eigenvalue weighted by Crippen LogP contribution is -2.58. The summed E-state index contributed by atoms with van der Waals surface area (Å²) in [5.74, 6) is -3.35. The number of allylic oxidation sites excluding steroid dienone is 1. The van der Waals surface area contributed by atoms with Crippen LogP contribution in [0.15, 0.2) is 73.8 Å². The second kappa shape index (κ2) is 14.2. The molecule has 0 aromatic heterocycles. The predicted octanol–water partition coefficient (Wildman–Crippen LogP) is 3.94. The van der Waals surface area contributed by atoms with Gasteiger partial charge in [0.05, 0.1) is 36.6 Å². The molecule has 1 spiro atoms. The minimum atomic E-state index is -1.25. The highest BCUT2D eigenvalue weighted by Crippen LogP contribution is 2.59. The number of aliphatic hydroxyl groups is 1. The van der Waals surface area contributed by atoms with E-state index in [-0.39, 0.29) is 38.0 Å². The van der Waals surface area contributed by atoms with E-state index in [0.717, 1.165) is 22.4 Å². The normalized spacial score (nSPS) is 25.5. The smallest absolute Gasteiger partial charge is 0.306 e. The quantitative estimate of drug-likeness (QED) is 0.236. The third kappa shape index (κ3) is 6.24. The minimum absolute atomic E-state index is 0.0885. The molecule has 250 valence electrons. The molecule has 10 nitrogen and oxygen atoms in total. The Hall–Kier alpha value is -4.28. The van der Waals surface area contributed by atoms with E-state index in [1.165, 1.54) is 4.90 Å². The molecule has 2 bridgehead atoms. The lowest BCUT2D eigenvalue weighted by atomic mass is 9.70. The molecule has 10 heteroatoms. The SMILES string of the molecule is C=CCCC(=O)OC[C@@H](NC(=O)[C@@H]1[C@H]2C(=O)N([C@H](C)CO)[C@H](C(=O)N(CC=C)c3c(C)cccc3C)[C@]23CC[C@H]1O3)c1ccccc1. The Morgan fingerprint density at radius 1 is 1.13 bits per heavy atom. The molecule has 2 aromatic rings. The fourth-order valence-corrected chi connectivity index (χ4v) is 7.68. The maximum atomic E-state index is 14.8. The van der Waals surface area contributed by atoms with Crippen LogP contribution in [0, 0.1) is 25.7 Å². The lowest BCUT2D eigenvalue weighted by molar-refractivity contribution is -0.146. The van der Waals surface area contributed by atoms with Crippen molar-refractivity contribution >= 4 is 29.4 Å². The van der Waals surface area contributed by atoms with Gasteiger partial charge in [-0.3, -0.25) is 19.2 Å². The number of amides is 3. The Morgan fingerprint density at radius 2 is 1.83 bits per heavy atom. The average Bonchev–Trinajstić information content (AvgIpc) is 3.72. The molecule has 3 heterocycles. The predicted molar refractivity (Wildman–Crippen MR) is 177 cm³/mol. The van der Waals surface area contributed by atoms with E-state index in [2.05, 4.69) is 18.5 Å². The summed E-state index contributed by atoms with van der Waals surface area (Å²) in [5.41, 5.74) is 2.01. The summed E-state index contributed by atoms with van der Waals surface area (Å²) in [6, 6.07) is 12.6. The Bertz CT molecular complexity index is 1510. The van der Waals surface area contributed by atoms with Gasteiger partial charge in [0.1, 0.15) is 18.2 Å². The van der Waals surface area contributed by atoms with Crippen molar-refractivity contribution in [3.8, 4) is 0 Å². The molecule has 0 saturated carbocycles. The fraction of sp³-hybridized carbons (Fsp3) is 0.459. The van der Waals surface area contributed by atoms with Crippen LogP contribution in [-0.2, 0) is 28.7 Å². The van der Waals surface area contributed by atoms with Gasteiger partial charge >= 0.3 is 5.97 Å². The summed E-state index contributed by atoms with van der Waals surface area (Å²) in [6.07, 6.45) is 4.27. The van der Waals surface area contributed by atoms with Gasteiger partial charge in [-0.2, -0.15) is 0 Å². The Balaban J connectivity index is 1.48. The van der Waals surface area contributed by atoms with E-state index < -0.39 is 53.5 Å². The number of benzene rings is 2. The molecular weight excluding hydrogens is 598 g/mol. The van der Waals surface area contributed by atoms with E-state index >= 15 is 0 Å². The molecule has 3 aliphatic heterocycles. The number of rotatable bonds is 14. The van der Waals surface area contributed by atoms with Crippen LogP contribution < -0.4 is 10.2 Å². The minimum Gasteiger partial charge on any atom is -0.463 e. The van der Waals surface area contributed by atoms with Crippen LogP contribution in [0.2, 0.25) is 0 Å². The van der Waals surface area contributed by atoms with Crippen molar-refractivity contribution in [1.82, 2.24) is 10.2 Å². The van der Waals surface area contributed by atoms with Gasteiger partial charge < -0.3 is 29.7 Å². The molecular formula is C37H45N3O7. The molecule has 5 rings (SSSR count). The van der Waals surface area contributed by atoms with E-state index in [4.69, 9.17) is 9.47 Å². The zero-order valence-electron chi connectivity index (χ0n) is 27.4. The summed E-state index contributed by atoms with van der Waals surface area (Å²) < 4.78 is 12.1. The molecule has 3 fully saturated rings. The van der Waals surface area contributed by atoms with Crippen LogP contribution >= 0.6 is 0 Å². The first kappa shape index (κ1) is 34.1. The van der Waals surface area contributed by atoms with E-state index in [1.807, 2.05) is 62.4 Å². The van der Waals surface area contributed by atoms with Gasteiger partial charge in [0.2, 0.25) is 11.8 Å². The second-order valence-electron chi connectivity index (χ2n) is 12.8. The Kier molecular flexibility index (Phi) is 10.3. The van der Waals surface area contributed by atoms with Crippen LogP contribution in [-0.4, -0.2) is 77.2 Å². The highest BCUT2D eigenvalue weighted by atomic mass is 16.5. The maximum absolute atomic E-state index is 14.8. The van der Waals surface area contributed by atoms with Gasteiger partial charge in [0.25, 0.3) is 5.91 Å². The summed E-state index contributed by atoms with van der Waals surface area (Å²) in [6.45, 7) is 12.8. The number of carbonyl (C=O) groups excluding carboxylic acids is 4. The topological polar surface area (TPSA) is 125 Å². The number of nitrogens with one attached hydrogen (secondary N) is 1. The number of anilines is 1. The van der Waals surface area contributed by atoms with E-state index in [9.17, 15) is 24.3 Å². The Labute approximate surface area is 276 Å². The number of fused-ring (bicyclic) bond motifs is 1. The number of aliphatic hydroxyl groups excluding tert-OH is 1. The molecule has 0 aliphatic carbocycles. The van der Waals surface area contributed by atoms with Gasteiger partial charge in [0, 0.05) is 18.7 Å². The molecule has 47 heavy (non-hydrogen) atoms. The maximum Gasteiger partial charge on any atom is 0.306 e. The number of hydrogen-bond acceptors (Lipinski definition) is 7. The van der Waals surface area contributed by atoms with Crippen molar-refractivity contribution in [3.63, 3.8) is 0 Å². The van der Waals surface area contributed by atoms with Crippen LogP contribution in [0.25, 0.3) is 0 Å². The number of aryl methyl sites for hydroxylation is 2. The summed E-state index contributed by atoms with van der Waals surface area (Å²) >= 11 is 0. The van der Waals surface area contributed by atoms with Crippen molar-refractivity contribution in [2.75, 3.05) is 24.7 Å². The van der Waals surface area contributed by atoms with Crippen molar-refractivity contribution in [2.24, 2.45) is 11.8 Å². The number of carbonyl (C=O) groups is 4. The third-order valence-corrected chi connectivity index (χ3v) is 9.78. The highest BCUT2D eigenvalue weighted by molar-refractivity contribution is 6.05. The number of ether oxygens (including phenoxy) is 2. The molecule has 3 aliphatic rings. The number of esters is 1. The Morgan fingerprint density at radius 3 is 2.47 bits per heavy atom. The molecule has 3 saturated heterocycles. The lowest BCUT2D eigenvalue weighted by Gasteiger charge is -2.39. The molecule has 2 N–H and O–H groups in total. The van der Waals surface area contributed by atoms with E-state index in [0.29, 0.717) is 19.3 Å². The monoisotopic (exact) mass is 643 g/mol. The molecule has 0 unspecified atom stereocenters. The third-order valence-electron chi connectivity index (χ3n) is 9.78. The van der Waals surface area contributed by atoms with Crippen molar-refractivity contribution in [1.29, 1.82) is 0 Å². The van der Waals surface area contributed by atoms with Gasteiger partial charge in [-0.15, -0.1) is 13.2 Å². The molecule has 0 radical (unpaired) electrons. The van der Waals surface area contributed by atoms with E-state index in [1.54, 1.807) is 24.0 Å². The number of nitrogens with zero attached hydrogens (tertiary/aromatic N) is 2. The van der Waals surface area contributed by atoms with Gasteiger partial charge in [0.15, 0.2) is 0 Å². The first-order valence-corrected chi connectivity index (χ1v) is 16.3. The number of hydrogen-bond donors (Lipinski definition) is 2. The van der Waals surface area contributed by atoms with Gasteiger partial charge in [-0.05, 0) is 56.7 Å². The molecule has 3 amide bonds. The number of para-hydroxylation sites is 1. The van der Waals surface area contributed by atoms with Crippen molar-refractivity contribution in [3.05, 3.63) is 90.5 Å². The van der Waals surface area contributed by atoms with Gasteiger partial charge in [-0.1, -0.05) is 60.7 Å².